The van der Waals surface area contributed by atoms with Crippen LogP contribution in [0.25, 0.3) is 11.4 Å². The number of hydrogen-bond acceptors (Lipinski definition) is 4. The van der Waals surface area contributed by atoms with Gasteiger partial charge in [-0.2, -0.15) is 0 Å². The van der Waals surface area contributed by atoms with Crippen molar-refractivity contribution in [3.05, 3.63) is 59.9 Å². The van der Waals surface area contributed by atoms with Gasteiger partial charge in [-0.3, -0.25) is 4.31 Å². The zero-order chi connectivity index (χ0) is 20.1. The molecule has 3 rings (SSSR count). The molecule has 0 saturated carbocycles. The van der Waals surface area contributed by atoms with E-state index in [1.165, 1.54) is 4.31 Å². The van der Waals surface area contributed by atoms with Gasteiger partial charge in [-0.25, -0.2) is 8.42 Å². The summed E-state index contributed by atoms with van der Waals surface area (Å²) in [4.78, 5) is 0.254. The molecule has 0 radical (unpaired) electrons. The number of halogens is 1. The van der Waals surface area contributed by atoms with E-state index in [9.17, 15) is 8.42 Å². The fourth-order valence-electron chi connectivity index (χ4n) is 2.99. The molecule has 0 aliphatic carbocycles. The lowest BCUT2D eigenvalue weighted by atomic mass is 10.1. The molecule has 6 nitrogen and oxygen atoms in total. The molecule has 0 aliphatic rings. The van der Waals surface area contributed by atoms with E-state index in [2.05, 4.69) is 10.2 Å². The first-order valence-electron chi connectivity index (χ1n) is 9.24. The predicted octanol–water partition coefficient (Wildman–Crippen LogP) is 4.61. The largest absolute Gasteiger partial charge is 0.314 e. The number of hydrogen-bond donors (Lipinski definition) is 0. The Morgan fingerprint density at radius 2 is 1.86 bits per heavy atom. The number of anilines is 1. The summed E-state index contributed by atoms with van der Waals surface area (Å²) >= 11 is 6.24. The third-order valence-corrected chi connectivity index (χ3v) is 6.53. The van der Waals surface area contributed by atoms with Crippen molar-refractivity contribution in [3.8, 4) is 11.4 Å². The van der Waals surface area contributed by atoms with Gasteiger partial charge >= 0.3 is 0 Å². The SMILES string of the molecule is CCCCN(c1ccc(Cl)cc1-c1nncn1CC)S(=O)(=O)c1ccccc1. The van der Waals surface area contributed by atoms with Gasteiger partial charge in [0.2, 0.25) is 0 Å². The minimum absolute atomic E-state index is 0.254. The molecule has 3 aromatic rings. The second-order valence-electron chi connectivity index (χ2n) is 6.35. The highest BCUT2D eigenvalue weighted by Crippen LogP contribution is 2.35. The number of nitrogens with zero attached hydrogens (tertiary/aromatic N) is 4. The molecule has 0 aliphatic heterocycles. The zero-order valence-electron chi connectivity index (χ0n) is 15.9. The van der Waals surface area contributed by atoms with Crippen LogP contribution in [0.2, 0.25) is 5.02 Å². The summed E-state index contributed by atoms with van der Waals surface area (Å²) in [5, 5.41) is 8.70. The van der Waals surface area contributed by atoms with E-state index >= 15 is 0 Å². The molecule has 0 N–H and O–H groups in total. The van der Waals surface area contributed by atoms with Crippen LogP contribution in [0.5, 0.6) is 0 Å². The van der Waals surface area contributed by atoms with Crippen LogP contribution in [0.1, 0.15) is 26.7 Å². The van der Waals surface area contributed by atoms with E-state index in [0.717, 1.165) is 12.8 Å². The highest BCUT2D eigenvalue weighted by atomic mass is 35.5. The third kappa shape index (κ3) is 4.05. The van der Waals surface area contributed by atoms with Crippen molar-refractivity contribution in [2.24, 2.45) is 0 Å². The number of rotatable bonds is 8. The van der Waals surface area contributed by atoms with E-state index in [1.807, 2.05) is 18.4 Å². The quantitative estimate of drug-likeness (QED) is 0.535. The van der Waals surface area contributed by atoms with Gasteiger partial charge in [-0.05, 0) is 43.7 Å². The van der Waals surface area contributed by atoms with Crippen molar-refractivity contribution in [3.63, 3.8) is 0 Å². The molecule has 0 unspecified atom stereocenters. The monoisotopic (exact) mass is 418 g/mol. The summed E-state index contributed by atoms with van der Waals surface area (Å²) in [7, 11) is -3.74. The third-order valence-electron chi connectivity index (χ3n) is 4.47. The lowest BCUT2D eigenvalue weighted by Crippen LogP contribution is -2.32. The fourth-order valence-corrected chi connectivity index (χ4v) is 4.71. The van der Waals surface area contributed by atoms with Crippen LogP contribution in [0.3, 0.4) is 0 Å². The van der Waals surface area contributed by atoms with E-state index < -0.39 is 10.0 Å². The second-order valence-corrected chi connectivity index (χ2v) is 8.64. The Bertz CT molecular complexity index is 1040. The van der Waals surface area contributed by atoms with Crippen molar-refractivity contribution in [1.82, 2.24) is 14.8 Å². The van der Waals surface area contributed by atoms with Crippen LogP contribution >= 0.6 is 11.6 Å². The molecule has 0 saturated heterocycles. The van der Waals surface area contributed by atoms with Crippen molar-refractivity contribution < 1.29 is 8.42 Å². The molecule has 0 spiro atoms. The molecule has 1 heterocycles. The van der Waals surface area contributed by atoms with Gasteiger partial charge in [0.25, 0.3) is 10.0 Å². The average Bonchev–Trinajstić information content (AvgIpc) is 3.18. The predicted molar refractivity (Wildman–Crippen MR) is 112 cm³/mol. The maximum absolute atomic E-state index is 13.4. The first kappa shape index (κ1) is 20.4. The number of aryl methyl sites for hydroxylation is 1. The van der Waals surface area contributed by atoms with Crippen LogP contribution < -0.4 is 4.31 Å². The van der Waals surface area contributed by atoms with Gasteiger partial charge in [0, 0.05) is 23.7 Å². The van der Waals surface area contributed by atoms with E-state index in [1.54, 1.807) is 54.9 Å². The summed E-state index contributed by atoms with van der Waals surface area (Å²) in [5.41, 5.74) is 1.19. The molecule has 0 bridgehead atoms. The van der Waals surface area contributed by atoms with Gasteiger partial charge in [0.15, 0.2) is 5.82 Å². The molecule has 0 amide bonds. The Kier molecular flexibility index (Phi) is 6.36. The van der Waals surface area contributed by atoms with Gasteiger partial charge < -0.3 is 4.57 Å². The molecule has 2 aromatic carbocycles. The molecule has 8 heteroatoms. The molecule has 1 aromatic heterocycles. The maximum Gasteiger partial charge on any atom is 0.264 e. The molecule has 148 valence electrons. The van der Waals surface area contributed by atoms with Crippen LogP contribution in [-0.2, 0) is 16.6 Å². The molecular weight excluding hydrogens is 396 g/mol. The lowest BCUT2D eigenvalue weighted by molar-refractivity contribution is 0.588. The van der Waals surface area contributed by atoms with E-state index in [0.29, 0.717) is 35.2 Å². The molecule has 0 atom stereocenters. The Hall–Kier alpha value is -2.38. The van der Waals surface area contributed by atoms with Crippen LogP contribution in [0.4, 0.5) is 5.69 Å². The molecule has 0 fully saturated rings. The number of aromatic nitrogens is 3. The van der Waals surface area contributed by atoms with Crippen LogP contribution in [-0.4, -0.2) is 29.7 Å². The summed E-state index contributed by atoms with van der Waals surface area (Å²) in [6.45, 7) is 5.04. The smallest absolute Gasteiger partial charge is 0.264 e. The van der Waals surface area contributed by atoms with Crippen LogP contribution in [0.15, 0.2) is 59.8 Å². The molecule has 28 heavy (non-hydrogen) atoms. The first-order chi connectivity index (χ1) is 13.5. The van der Waals surface area contributed by atoms with Gasteiger partial charge in [0.05, 0.1) is 10.6 Å². The summed E-state index contributed by atoms with van der Waals surface area (Å²) in [6, 6.07) is 13.6. The first-order valence-corrected chi connectivity index (χ1v) is 11.1. The van der Waals surface area contributed by atoms with Crippen molar-refractivity contribution >= 4 is 27.3 Å². The topological polar surface area (TPSA) is 68.1 Å². The number of sulfonamides is 1. The van der Waals surface area contributed by atoms with Crippen LogP contribution in [0, 0.1) is 0 Å². The standard InChI is InChI=1S/C20H23ClN4O2S/c1-3-5-13-25(28(26,27)17-9-7-6-8-10-17)19-12-11-16(21)14-18(19)20-23-22-15-24(20)4-2/h6-12,14-15H,3-5,13H2,1-2H3. The second kappa shape index (κ2) is 8.75. The van der Waals surface area contributed by atoms with Gasteiger partial charge in [-0.15, -0.1) is 10.2 Å². The van der Waals surface area contributed by atoms with Crippen molar-refractivity contribution in [2.75, 3.05) is 10.8 Å². The highest BCUT2D eigenvalue weighted by molar-refractivity contribution is 7.92. The Balaban J connectivity index is 2.19. The maximum atomic E-state index is 13.4. The van der Waals surface area contributed by atoms with E-state index in [4.69, 9.17) is 11.6 Å². The van der Waals surface area contributed by atoms with E-state index in [-0.39, 0.29) is 4.90 Å². The zero-order valence-corrected chi connectivity index (χ0v) is 17.5. The summed E-state index contributed by atoms with van der Waals surface area (Å²) in [6.07, 6.45) is 3.23. The van der Waals surface area contributed by atoms with Gasteiger partial charge in [-0.1, -0.05) is 43.1 Å². The molecular formula is C20H23ClN4O2S. The average molecular weight is 419 g/mol. The van der Waals surface area contributed by atoms with Gasteiger partial charge in [0.1, 0.15) is 6.33 Å². The normalized spacial score (nSPS) is 11.5. The number of unbranched alkanes of at least 4 members (excludes halogenated alkanes) is 1. The fraction of sp³-hybridized carbons (Fsp3) is 0.300. The van der Waals surface area contributed by atoms with Crippen molar-refractivity contribution in [1.29, 1.82) is 0 Å². The highest BCUT2D eigenvalue weighted by Gasteiger charge is 2.28. The minimum atomic E-state index is -3.74. The Morgan fingerprint density at radius 3 is 2.54 bits per heavy atom. The van der Waals surface area contributed by atoms with Crippen molar-refractivity contribution in [2.45, 2.75) is 38.1 Å². The number of benzene rings is 2. The minimum Gasteiger partial charge on any atom is -0.314 e. The summed E-state index contributed by atoms with van der Waals surface area (Å²) in [5.74, 6) is 0.588. The Labute approximate surface area is 170 Å². The summed E-state index contributed by atoms with van der Waals surface area (Å²) < 4.78 is 30.2. The Morgan fingerprint density at radius 1 is 1.11 bits per heavy atom. The lowest BCUT2D eigenvalue weighted by Gasteiger charge is -2.26.